The highest BCUT2D eigenvalue weighted by molar-refractivity contribution is 5.91. The van der Waals surface area contributed by atoms with Gasteiger partial charge in [-0.05, 0) is 25.7 Å². The normalized spacial score (nSPS) is 23.8. The lowest BCUT2D eigenvalue weighted by Gasteiger charge is -2.24. The van der Waals surface area contributed by atoms with E-state index in [0.717, 1.165) is 32.3 Å². The van der Waals surface area contributed by atoms with Crippen LogP contribution < -0.4 is 0 Å². The number of hydrogen-bond acceptors (Lipinski definition) is 5. The molecular formula is C12H18N4O3. The number of hydroxylamine groups is 2. The summed E-state index contributed by atoms with van der Waals surface area (Å²) >= 11 is 0. The van der Waals surface area contributed by atoms with Gasteiger partial charge in [0.15, 0.2) is 5.69 Å². The zero-order chi connectivity index (χ0) is 13.1. The third-order valence-electron chi connectivity index (χ3n) is 3.40. The highest BCUT2D eigenvalue weighted by Gasteiger charge is 2.23. The molecule has 104 valence electrons. The van der Waals surface area contributed by atoms with Gasteiger partial charge in [0.25, 0.3) is 5.91 Å². The molecule has 1 amide bonds. The first-order chi connectivity index (χ1) is 9.33. The lowest BCUT2D eigenvalue weighted by atomic mass is 10.2. The maximum absolute atomic E-state index is 12.1. The van der Waals surface area contributed by atoms with Gasteiger partial charge in [0.05, 0.1) is 25.5 Å². The Kier molecular flexibility index (Phi) is 3.74. The molecule has 7 heteroatoms. The average molecular weight is 266 g/mol. The van der Waals surface area contributed by atoms with Crippen LogP contribution in [-0.4, -0.2) is 51.8 Å². The zero-order valence-electron chi connectivity index (χ0n) is 10.8. The molecule has 3 rings (SSSR count). The minimum absolute atomic E-state index is 0.191. The summed E-state index contributed by atoms with van der Waals surface area (Å²) in [5, 5.41) is 9.28. The molecule has 0 aliphatic carbocycles. The van der Waals surface area contributed by atoms with E-state index in [1.165, 1.54) is 5.06 Å². The van der Waals surface area contributed by atoms with Gasteiger partial charge in [-0.3, -0.25) is 9.63 Å². The van der Waals surface area contributed by atoms with Crippen molar-refractivity contribution < 1.29 is 14.4 Å². The first-order valence-electron chi connectivity index (χ1n) is 6.79. The molecule has 0 saturated carbocycles. The maximum atomic E-state index is 12.1. The standard InChI is InChI=1S/C12H18N4O3/c17-12(16-5-1-2-7-19-16)11-9-15(14-13-11)8-10-4-3-6-18-10/h9-10H,1-8H2/t10-/m1/s1. The van der Waals surface area contributed by atoms with Gasteiger partial charge in [-0.1, -0.05) is 5.21 Å². The summed E-state index contributed by atoms with van der Waals surface area (Å²) in [6.45, 7) is 2.68. The van der Waals surface area contributed by atoms with Gasteiger partial charge < -0.3 is 4.74 Å². The van der Waals surface area contributed by atoms with Crippen LogP contribution >= 0.6 is 0 Å². The van der Waals surface area contributed by atoms with Gasteiger partial charge in [-0.25, -0.2) is 9.75 Å². The molecule has 1 aromatic rings. The summed E-state index contributed by atoms with van der Waals surface area (Å²) in [4.78, 5) is 17.4. The van der Waals surface area contributed by atoms with Crippen molar-refractivity contribution in [3.63, 3.8) is 0 Å². The zero-order valence-corrected chi connectivity index (χ0v) is 10.8. The quantitative estimate of drug-likeness (QED) is 0.802. The summed E-state index contributed by atoms with van der Waals surface area (Å²) in [7, 11) is 0. The molecule has 1 aromatic heterocycles. The number of amides is 1. The van der Waals surface area contributed by atoms with Crippen LogP contribution in [0, 0.1) is 0 Å². The van der Waals surface area contributed by atoms with E-state index in [9.17, 15) is 4.79 Å². The molecule has 7 nitrogen and oxygen atoms in total. The van der Waals surface area contributed by atoms with E-state index in [1.807, 2.05) is 0 Å². The van der Waals surface area contributed by atoms with Gasteiger partial charge in [0, 0.05) is 13.2 Å². The van der Waals surface area contributed by atoms with Crippen LogP contribution in [0.25, 0.3) is 0 Å². The summed E-state index contributed by atoms with van der Waals surface area (Å²) in [5.41, 5.74) is 0.333. The SMILES string of the molecule is O=C(c1cn(C[C@H]2CCCO2)nn1)N1CCCCO1. The van der Waals surface area contributed by atoms with E-state index in [0.29, 0.717) is 25.4 Å². The first-order valence-corrected chi connectivity index (χ1v) is 6.79. The fourth-order valence-corrected chi connectivity index (χ4v) is 2.37. The topological polar surface area (TPSA) is 69.5 Å². The molecular weight excluding hydrogens is 248 g/mol. The molecule has 2 saturated heterocycles. The smallest absolute Gasteiger partial charge is 0.299 e. The van der Waals surface area contributed by atoms with E-state index in [-0.39, 0.29) is 12.0 Å². The minimum Gasteiger partial charge on any atom is -0.376 e. The minimum atomic E-state index is -0.210. The molecule has 3 heterocycles. The Morgan fingerprint density at radius 1 is 1.37 bits per heavy atom. The second-order valence-electron chi connectivity index (χ2n) is 4.91. The highest BCUT2D eigenvalue weighted by atomic mass is 16.7. The van der Waals surface area contributed by atoms with Crippen molar-refractivity contribution in [2.45, 2.75) is 38.3 Å². The fraction of sp³-hybridized carbons (Fsp3) is 0.750. The fourth-order valence-electron chi connectivity index (χ4n) is 2.37. The Hall–Kier alpha value is -1.47. The molecule has 2 aliphatic rings. The Morgan fingerprint density at radius 3 is 3.05 bits per heavy atom. The molecule has 1 atom stereocenters. The Balaban J connectivity index is 1.61. The number of ether oxygens (including phenoxy) is 1. The Morgan fingerprint density at radius 2 is 2.32 bits per heavy atom. The number of rotatable bonds is 3. The summed E-state index contributed by atoms with van der Waals surface area (Å²) in [5.74, 6) is -0.210. The highest BCUT2D eigenvalue weighted by Crippen LogP contribution is 2.14. The van der Waals surface area contributed by atoms with E-state index < -0.39 is 0 Å². The van der Waals surface area contributed by atoms with E-state index in [4.69, 9.17) is 9.57 Å². The van der Waals surface area contributed by atoms with Gasteiger partial charge in [-0.15, -0.1) is 5.10 Å². The summed E-state index contributed by atoms with van der Waals surface area (Å²) in [6, 6.07) is 0. The van der Waals surface area contributed by atoms with Crippen LogP contribution in [-0.2, 0) is 16.1 Å². The molecule has 0 bridgehead atoms. The van der Waals surface area contributed by atoms with Crippen LogP contribution in [0.2, 0.25) is 0 Å². The van der Waals surface area contributed by atoms with E-state index >= 15 is 0 Å². The van der Waals surface area contributed by atoms with Crippen molar-refractivity contribution in [1.82, 2.24) is 20.1 Å². The molecule has 0 radical (unpaired) electrons. The second kappa shape index (κ2) is 5.66. The molecule has 0 spiro atoms. The predicted molar refractivity (Wildman–Crippen MR) is 65.2 cm³/mol. The number of carbonyl (C=O) groups excluding carboxylic acids is 1. The summed E-state index contributed by atoms with van der Waals surface area (Å²) in [6.07, 6.45) is 5.95. The Labute approximate surface area is 111 Å². The van der Waals surface area contributed by atoms with E-state index in [2.05, 4.69) is 10.3 Å². The van der Waals surface area contributed by atoms with Crippen molar-refractivity contribution in [1.29, 1.82) is 0 Å². The summed E-state index contributed by atoms with van der Waals surface area (Å²) < 4.78 is 7.21. The van der Waals surface area contributed by atoms with Crippen LogP contribution in [0.4, 0.5) is 0 Å². The number of aromatic nitrogens is 3. The van der Waals surface area contributed by atoms with Crippen molar-refractivity contribution in [3.05, 3.63) is 11.9 Å². The van der Waals surface area contributed by atoms with Crippen molar-refractivity contribution >= 4 is 5.91 Å². The average Bonchev–Trinajstić information content (AvgIpc) is 3.11. The van der Waals surface area contributed by atoms with Gasteiger partial charge in [0.2, 0.25) is 0 Å². The van der Waals surface area contributed by atoms with Crippen LogP contribution in [0.1, 0.15) is 36.2 Å². The number of nitrogens with zero attached hydrogens (tertiary/aromatic N) is 4. The maximum Gasteiger partial charge on any atom is 0.299 e. The second-order valence-corrected chi connectivity index (χ2v) is 4.91. The van der Waals surface area contributed by atoms with Gasteiger partial charge >= 0.3 is 0 Å². The molecule has 2 fully saturated rings. The lowest BCUT2D eigenvalue weighted by molar-refractivity contribution is -0.144. The van der Waals surface area contributed by atoms with Crippen molar-refractivity contribution in [2.75, 3.05) is 19.8 Å². The third-order valence-corrected chi connectivity index (χ3v) is 3.40. The van der Waals surface area contributed by atoms with Crippen LogP contribution in [0.5, 0.6) is 0 Å². The number of hydrogen-bond donors (Lipinski definition) is 0. The number of carbonyl (C=O) groups is 1. The van der Waals surface area contributed by atoms with E-state index in [1.54, 1.807) is 10.9 Å². The third kappa shape index (κ3) is 2.93. The Bertz CT molecular complexity index is 436. The molecule has 0 aromatic carbocycles. The molecule has 0 unspecified atom stereocenters. The predicted octanol–water partition coefficient (Wildman–Crippen LogP) is 0.625. The van der Waals surface area contributed by atoms with Crippen molar-refractivity contribution in [3.8, 4) is 0 Å². The lowest BCUT2D eigenvalue weighted by Crippen LogP contribution is -2.35. The molecule has 0 N–H and O–H groups in total. The molecule has 2 aliphatic heterocycles. The first kappa shape index (κ1) is 12.6. The monoisotopic (exact) mass is 266 g/mol. The van der Waals surface area contributed by atoms with Crippen molar-refractivity contribution in [2.24, 2.45) is 0 Å². The largest absolute Gasteiger partial charge is 0.376 e. The molecule has 19 heavy (non-hydrogen) atoms. The van der Waals surface area contributed by atoms with Crippen LogP contribution in [0.15, 0.2) is 6.20 Å². The van der Waals surface area contributed by atoms with Gasteiger partial charge in [0.1, 0.15) is 0 Å². The van der Waals surface area contributed by atoms with Gasteiger partial charge in [-0.2, -0.15) is 0 Å². The van der Waals surface area contributed by atoms with Crippen LogP contribution in [0.3, 0.4) is 0 Å².